The van der Waals surface area contributed by atoms with Crippen molar-refractivity contribution in [1.82, 2.24) is 15.5 Å². The van der Waals surface area contributed by atoms with Gasteiger partial charge in [-0.2, -0.15) is 0 Å². The minimum atomic E-state index is -0.664. The molecule has 0 spiro atoms. The first kappa shape index (κ1) is 43.4. The van der Waals surface area contributed by atoms with Crippen LogP contribution in [0.5, 0.6) is 11.5 Å². The Morgan fingerprint density at radius 1 is 0.875 bits per heavy atom. The van der Waals surface area contributed by atoms with Crippen molar-refractivity contribution < 1.29 is 33.4 Å². The van der Waals surface area contributed by atoms with Crippen LogP contribution in [0.3, 0.4) is 0 Å². The van der Waals surface area contributed by atoms with Crippen LogP contribution in [0.25, 0.3) is 0 Å². The lowest BCUT2D eigenvalue weighted by Crippen LogP contribution is -2.44. The van der Waals surface area contributed by atoms with Gasteiger partial charge in [0.25, 0.3) is 0 Å². The van der Waals surface area contributed by atoms with Crippen molar-refractivity contribution in [1.29, 1.82) is 5.41 Å². The summed E-state index contributed by atoms with van der Waals surface area (Å²) < 4.78 is 22.5. The Hall–Kier alpha value is -5.30. The summed E-state index contributed by atoms with van der Waals surface area (Å²) >= 11 is 0. The summed E-state index contributed by atoms with van der Waals surface area (Å²) in [5.74, 6) is 2.55. The van der Waals surface area contributed by atoms with Crippen LogP contribution in [0.15, 0.2) is 84.0 Å². The maximum Gasteiger partial charge on any atom is 0.413 e. The number of nitrogens with two attached hydrogens (primary N) is 1. The molecule has 4 rings (SSSR count). The van der Waals surface area contributed by atoms with Crippen molar-refractivity contribution in [3.63, 3.8) is 0 Å². The molecule has 13 nitrogen and oxygen atoms in total. The fraction of sp³-hybridized carbons (Fsp3) is 0.488. The Balaban J connectivity index is 1.03. The van der Waals surface area contributed by atoms with E-state index in [0.717, 1.165) is 61.5 Å². The topological polar surface area (TPSA) is 170 Å². The third kappa shape index (κ3) is 16.2. The number of amidine groups is 2. The van der Waals surface area contributed by atoms with E-state index in [9.17, 15) is 9.59 Å². The van der Waals surface area contributed by atoms with Gasteiger partial charge in [0.2, 0.25) is 0 Å². The highest BCUT2D eigenvalue weighted by molar-refractivity contribution is 6.04. The van der Waals surface area contributed by atoms with Gasteiger partial charge < -0.3 is 39.7 Å². The van der Waals surface area contributed by atoms with Gasteiger partial charge in [0.1, 0.15) is 36.1 Å². The van der Waals surface area contributed by atoms with Gasteiger partial charge >= 0.3 is 12.2 Å². The van der Waals surface area contributed by atoms with E-state index in [0.29, 0.717) is 24.7 Å². The number of hydrogen-bond donors (Lipinski definition) is 4. The minimum absolute atomic E-state index is 0.0269. The monoisotopic (exact) mass is 772 g/mol. The fourth-order valence-corrected chi connectivity index (χ4v) is 6.01. The Bertz CT molecular complexity index is 1670. The summed E-state index contributed by atoms with van der Waals surface area (Å²) in [6.45, 7) is 14.2. The number of carbonyl (C=O) groups is 2. The Labute approximate surface area is 331 Å². The van der Waals surface area contributed by atoms with E-state index < -0.39 is 17.8 Å². The molecule has 1 heterocycles. The first-order chi connectivity index (χ1) is 26.8. The highest BCUT2D eigenvalue weighted by Gasteiger charge is 2.22. The molecular formula is C43H60N6O7. The second-order valence-corrected chi connectivity index (χ2v) is 15.4. The number of ether oxygens (including phenoxy) is 4. The largest absolute Gasteiger partial charge is 0.494 e. The predicted molar refractivity (Wildman–Crippen MR) is 218 cm³/mol. The lowest BCUT2D eigenvalue weighted by atomic mass is 9.92. The van der Waals surface area contributed by atoms with Gasteiger partial charge in [-0.1, -0.05) is 49.3 Å². The number of carbonyl (C=O) groups excluding carboxylic acids is 2. The molecule has 56 heavy (non-hydrogen) atoms. The van der Waals surface area contributed by atoms with Gasteiger partial charge in [0.05, 0.1) is 19.3 Å². The molecule has 0 bridgehead atoms. The summed E-state index contributed by atoms with van der Waals surface area (Å²) in [4.78, 5) is 32.2. The van der Waals surface area contributed by atoms with Crippen LogP contribution in [0.4, 0.5) is 9.59 Å². The zero-order valence-corrected chi connectivity index (χ0v) is 33.6. The molecular weight excluding hydrogens is 713 g/mol. The van der Waals surface area contributed by atoms with Crippen molar-refractivity contribution in [2.75, 3.05) is 39.5 Å². The number of nitrogens with one attached hydrogen (secondary N) is 3. The van der Waals surface area contributed by atoms with E-state index in [1.54, 1.807) is 12.1 Å². The highest BCUT2D eigenvalue weighted by atomic mass is 16.6. The van der Waals surface area contributed by atoms with Crippen molar-refractivity contribution in [2.45, 2.75) is 85.0 Å². The van der Waals surface area contributed by atoms with Crippen LogP contribution in [-0.2, 0) is 20.9 Å². The number of piperidine rings is 1. The van der Waals surface area contributed by atoms with Gasteiger partial charge in [0.15, 0.2) is 5.84 Å². The molecule has 304 valence electrons. The number of nitrogens with zero attached hydrogens (tertiary/aromatic N) is 2. The molecule has 0 saturated carbocycles. The molecule has 1 atom stereocenters. The molecule has 1 aliphatic heterocycles. The highest BCUT2D eigenvalue weighted by Crippen LogP contribution is 2.23. The molecule has 0 radical (unpaired) electrons. The summed E-state index contributed by atoms with van der Waals surface area (Å²) in [5, 5.41) is 17.5. The van der Waals surface area contributed by atoms with Crippen molar-refractivity contribution in [3.8, 4) is 11.5 Å². The fourth-order valence-electron chi connectivity index (χ4n) is 6.01. The quantitative estimate of drug-likeness (QED) is 0.0418. The SMILES string of the molecule is CC(C)[C@@H](CON=C(N)c1ccc(OCCCC2CCN(CCCOc3ccc(C(=N)NC(=O)OCc4ccccc4)cc3)CC2)cc1)NC(=O)OC(C)(C)C. The maximum absolute atomic E-state index is 12.2. The smallest absolute Gasteiger partial charge is 0.413 e. The lowest BCUT2D eigenvalue weighted by molar-refractivity contribution is 0.0412. The molecule has 0 unspecified atom stereocenters. The van der Waals surface area contributed by atoms with Crippen LogP contribution >= 0.6 is 0 Å². The van der Waals surface area contributed by atoms with Crippen LogP contribution in [0.2, 0.25) is 0 Å². The normalized spacial score (nSPS) is 14.4. The molecule has 0 aromatic heterocycles. The summed E-state index contributed by atoms with van der Waals surface area (Å²) in [6.07, 6.45) is 4.29. The zero-order chi connectivity index (χ0) is 40.3. The Morgan fingerprint density at radius 3 is 2.09 bits per heavy atom. The Kier molecular flexibility index (Phi) is 17.3. The summed E-state index contributed by atoms with van der Waals surface area (Å²) in [6, 6.07) is 23.7. The van der Waals surface area contributed by atoms with E-state index in [1.807, 2.05) is 101 Å². The molecule has 3 aromatic carbocycles. The molecule has 1 saturated heterocycles. The minimum Gasteiger partial charge on any atom is -0.494 e. The third-order valence-corrected chi connectivity index (χ3v) is 9.28. The maximum atomic E-state index is 12.2. The number of hydrogen-bond acceptors (Lipinski definition) is 10. The average molecular weight is 773 g/mol. The molecule has 3 aromatic rings. The summed E-state index contributed by atoms with van der Waals surface area (Å²) in [5.41, 5.74) is 7.74. The van der Waals surface area contributed by atoms with E-state index in [-0.39, 0.29) is 36.8 Å². The van der Waals surface area contributed by atoms with Crippen molar-refractivity contribution in [2.24, 2.45) is 22.7 Å². The molecule has 1 fully saturated rings. The number of rotatable bonds is 19. The number of amides is 2. The predicted octanol–water partition coefficient (Wildman–Crippen LogP) is 7.46. The van der Waals surface area contributed by atoms with E-state index >= 15 is 0 Å². The van der Waals surface area contributed by atoms with Gasteiger partial charge in [-0.05, 0) is 132 Å². The van der Waals surface area contributed by atoms with Crippen LogP contribution < -0.4 is 25.8 Å². The van der Waals surface area contributed by atoms with Crippen molar-refractivity contribution >= 4 is 23.9 Å². The first-order valence-electron chi connectivity index (χ1n) is 19.5. The number of alkyl carbamates (subject to hydrolysis) is 2. The van der Waals surface area contributed by atoms with Gasteiger partial charge in [-0.15, -0.1) is 0 Å². The number of benzene rings is 3. The molecule has 1 aliphatic rings. The third-order valence-electron chi connectivity index (χ3n) is 9.28. The number of likely N-dealkylation sites (tertiary alicyclic amines) is 1. The van der Waals surface area contributed by atoms with Gasteiger partial charge in [-0.3, -0.25) is 10.7 Å². The van der Waals surface area contributed by atoms with Crippen LogP contribution in [-0.4, -0.2) is 79.9 Å². The lowest BCUT2D eigenvalue weighted by Gasteiger charge is -2.32. The van der Waals surface area contributed by atoms with E-state index in [1.165, 1.54) is 12.8 Å². The summed E-state index contributed by atoms with van der Waals surface area (Å²) in [7, 11) is 0. The molecule has 5 N–H and O–H groups in total. The number of oxime groups is 1. The zero-order valence-electron chi connectivity index (χ0n) is 33.6. The molecule has 2 amide bonds. The Morgan fingerprint density at radius 2 is 1.48 bits per heavy atom. The van der Waals surface area contributed by atoms with E-state index in [4.69, 9.17) is 34.9 Å². The van der Waals surface area contributed by atoms with E-state index in [2.05, 4.69) is 20.7 Å². The van der Waals surface area contributed by atoms with Crippen molar-refractivity contribution in [3.05, 3.63) is 95.6 Å². The standard InChI is InChI=1S/C43H60N6O7/c1-31(2)38(46-42(51)56-43(3,4)5)30-55-48-40(45)35-16-20-36(21-17-35)52-27-9-13-32-22-25-49(26-23-32)24-10-28-53-37-18-14-34(15-19-37)39(44)47-41(50)54-29-33-11-7-6-8-12-33/h6-8,11-12,14-21,31-32,38H,9-10,13,22-30H2,1-5H3,(H2,45,48)(H,46,51)(H2,44,47,50)/t38-/m1/s1. The molecule has 0 aliphatic carbocycles. The van der Waals surface area contributed by atoms with Crippen LogP contribution in [0, 0.1) is 17.2 Å². The second-order valence-electron chi connectivity index (χ2n) is 15.4. The first-order valence-corrected chi connectivity index (χ1v) is 19.5. The van der Waals surface area contributed by atoms with Gasteiger partial charge in [-0.25, -0.2) is 9.59 Å². The second kappa shape index (κ2) is 22.3. The molecule has 13 heteroatoms. The van der Waals surface area contributed by atoms with Gasteiger partial charge in [0, 0.05) is 17.7 Å². The van der Waals surface area contributed by atoms with Crippen LogP contribution in [0.1, 0.15) is 83.4 Å². The average Bonchev–Trinajstić information content (AvgIpc) is 3.17.